The Morgan fingerprint density at radius 3 is 2.87 bits per heavy atom. The molecule has 0 aliphatic rings. The topological polar surface area (TPSA) is 45.2 Å². The van der Waals surface area contributed by atoms with Crippen molar-refractivity contribution in [3.8, 4) is 5.75 Å². The molecule has 0 saturated carbocycles. The maximum absolute atomic E-state index is 9.29. The second-order valence-electron chi connectivity index (χ2n) is 3.80. The number of ether oxygens (including phenoxy) is 1. The lowest BCUT2D eigenvalue weighted by Gasteiger charge is -1.99. The SMILES string of the molecule is COc1ccc2[nH]c(CC(C)O)cc2c1. The fraction of sp³-hybridized carbons (Fsp3) is 0.333. The molecule has 15 heavy (non-hydrogen) atoms. The molecular weight excluding hydrogens is 190 g/mol. The molecule has 0 aliphatic heterocycles. The van der Waals surface area contributed by atoms with Crippen LogP contribution in [0.5, 0.6) is 5.75 Å². The molecule has 1 aromatic heterocycles. The molecule has 2 aromatic rings. The molecule has 0 saturated heterocycles. The van der Waals surface area contributed by atoms with Crippen LogP contribution in [0.15, 0.2) is 24.3 Å². The van der Waals surface area contributed by atoms with E-state index in [4.69, 9.17) is 4.74 Å². The Hall–Kier alpha value is -1.48. The second-order valence-corrected chi connectivity index (χ2v) is 3.80. The first-order valence-corrected chi connectivity index (χ1v) is 5.03. The monoisotopic (exact) mass is 205 g/mol. The lowest BCUT2D eigenvalue weighted by Crippen LogP contribution is -2.03. The van der Waals surface area contributed by atoms with E-state index in [1.807, 2.05) is 24.3 Å². The van der Waals surface area contributed by atoms with Crippen molar-refractivity contribution < 1.29 is 9.84 Å². The summed E-state index contributed by atoms with van der Waals surface area (Å²) in [4.78, 5) is 3.26. The van der Waals surface area contributed by atoms with E-state index in [0.29, 0.717) is 6.42 Å². The molecule has 0 amide bonds. The van der Waals surface area contributed by atoms with Crippen molar-refractivity contribution in [1.82, 2.24) is 4.98 Å². The number of benzene rings is 1. The molecule has 1 aromatic carbocycles. The second kappa shape index (κ2) is 3.95. The Kier molecular flexibility index (Phi) is 2.64. The van der Waals surface area contributed by atoms with E-state index in [2.05, 4.69) is 4.98 Å². The number of H-pyrrole nitrogens is 1. The Bertz CT molecular complexity index is 460. The third-order valence-corrected chi connectivity index (χ3v) is 2.40. The van der Waals surface area contributed by atoms with Crippen LogP contribution >= 0.6 is 0 Å². The third-order valence-electron chi connectivity index (χ3n) is 2.40. The lowest BCUT2D eigenvalue weighted by molar-refractivity contribution is 0.194. The van der Waals surface area contributed by atoms with Crippen LogP contribution in [0.4, 0.5) is 0 Å². The van der Waals surface area contributed by atoms with E-state index in [1.54, 1.807) is 14.0 Å². The molecule has 1 atom stereocenters. The molecule has 0 aliphatic carbocycles. The average Bonchev–Trinajstić information content (AvgIpc) is 2.57. The first-order chi connectivity index (χ1) is 7.19. The van der Waals surface area contributed by atoms with Crippen molar-refractivity contribution >= 4 is 10.9 Å². The van der Waals surface area contributed by atoms with Crippen LogP contribution in [-0.4, -0.2) is 23.3 Å². The number of hydrogen-bond donors (Lipinski definition) is 2. The molecule has 3 heteroatoms. The molecule has 1 unspecified atom stereocenters. The highest BCUT2D eigenvalue weighted by molar-refractivity contribution is 5.81. The van der Waals surface area contributed by atoms with Crippen LogP contribution in [0.25, 0.3) is 10.9 Å². The van der Waals surface area contributed by atoms with Gasteiger partial charge < -0.3 is 14.8 Å². The van der Waals surface area contributed by atoms with E-state index in [9.17, 15) is 5.11 Å². The largest absolute Gasteiger partial charge is 0.497 e. The smallest absolute Gasteiger partial charge is 0.119 e. The van der Waals surface area contributed by atoms with Gasteiger partial charge in [0.1, 0.15) is 5.75 Å². The number of aliphatic hydroxyl groups excluding tert-OH is 1. The fourth-order valence-electron chi connectivity index (χ4n) is 1.73. The van der Waals surface area contributed by atoms with Gasteiger partial charge in [-0.15, -0.1) is 0 Å². The minimum absolute atomic E-state index is 0.319. The van der Waals surface area contributed by atoms with E-state index in [-0.39, 0.29) is 6.10 Å². The Balaban J connectivity index is 2.37. The number of aromatic nitrogens is 1. The summed E-state index contributed by atoms with van der Waals surface area (Å²) >= 11 is 0. The van der Waals surface area contributed by atoms with Crippen LogP contribution < -0.4 is 4.74 Å². The molecule has 0 bridgehead atoms. The summed E-state index contributed by atoms with van der Waals surface area (Å²) in [5.74, 6) is 0.852. The van der Waals surface area contributed by atoms with E-state index in [1.165, 1.54) is 0 Å². The predicted octanol–water partition coefficient (Wildman–Crippen LogP) is 2.10. The third kappa shape index (κ3) is 2.13. The summed E-state index contributed by atoms with van der Waals surface area (Å²) in [6.07, 6.45) is 0.330. The van der Waals surface area contributed by atoms with Crippen LogP contribution in [0.3, 0.4) is 0 Å². The summed E-state index contributed by atoms with van der Waals surface area (Å²) in [6.45, 7) is 1.78. The molecular formula is C12H15NO2. The summed E-state index contributed by atoms with van der Waals surface area (Å²) in [5, 5.41) is 10.4. The van der Waals surface area contributed by atoms with Gasteiger partial charge in [0.2, 0.25) is 0 Å². The van der Waals surface area contributed by atoms with Gasteiger partial charge in [-0.05, 0) is 31.2 Å². The number of aliphatic hydroxyl groups is 1. The molecule has 0 radical (unpaired) electrons. The van der Waals surface area contributed by atoms with Crippen LogP contribution in [0.1, 0.15) is 12.6 Å². The van der Waals surface area contributed by atoms with Gasteiger partial charge in [-0.1, -0.05) is 0 Å². The Morgan fingerprint density at radius 1 is 1.40 bits per heavy atom. The number of hydrogen-bond acceptors (Lipinski definition) is 2. The normalized spacial score (nSPS) is 13.0. The first kappa shape index (κ1) is 10.1. The molecule has 3 nitrogen and oxygen atoms in total. The number of fused-ring (bicyclic) bond motifs is 1. The summed E-state index contributed by atoms with van der Waals surface area (Å²) in [6, 6.07) is 7.94. The van der Waals surface area contributed by atoms with Crippen molar-refractivity contribution in [3.05, 3.63) is 30.0 Å². The summed E-state index contributed by atoms with van der Waals surface area (Å²) in [5.41, 5.74) is 2.12. The van der Waals surface area contributed by atoms with E-state index >= 15 is 0 Å². The molecule has 0 fully saturated rings. The molecule has 0 spiro atoms. The average molecular weight is 205 g/mol. The van der Waals surface area contributed by atoms with Crippen LogP contribution in [0, 0.1) is 0 Å². The minimum Gasteiger partial charge on any atom is -0.497 e. The van der Waals surface area contributed by atoms with Crippen molar-refractivity contribution in [2.75, 3.05) is 7.11 Å². The van der Waals surface area contributed by atoms with Gasteiger partial charge in [-0.2, -0.15) is 0 Å². The Labute approximate surface area is 88.7 Å². The Morgan fingerprint density at radius 2 is 2.20 bits per heavy atom. The van der Waals surface area contributed by atoms with Gasteiger partial charge in [-0.25, -0.2) is 0 Å². The van der Waals surface area contributed by atoms with Crippen molar-refractivity contribution in [1.29, 1.82) is 0 Å². The molecule has 2 rings (SSSR count). The highest BCUT2D eigenvalue weighted by Gasteiger charge is 2.04. The van der Waals surface area contributed by atoms with Gasteiger partial charge in [0.15, 0.2) is 0 Å². The van der Waals surface area contributed by atoms with Gasteiger partial charge >= 0.3 is 0 Å². The number of nitrogens with one attached hydrogen (secondary N) is 1. The highest BCUT2D eigenvalue weighted by Crippen LogP contribution is 2.21. The van der Waals surface area contributed by atoms with Gasteiger partial charge in [0.25, 0.3) is 0 Å². The standard InChI is InChI=1S/C12H15NO2/c1-8(14)5-10-6-9-7-11(15-2)3-4-12(9)13-10/h3-4,6-8,13-14H,5H2,1-2H3. The van der Waals surface area contributed by atoms with Crippen molar-refractivity contribution in [2.45, 2.75) is 19.4 Å². The van der Waals surface area contributed by atoms with E-state index in [0.717, 1.165) is 22.3 Å². The zero-order valence-electron chi connectivity index (χ0n) is 8.95. The van der Waals surface area contributed by atoms with Gasteiger partial charge in [0, 0.05) is 23.0 Å². The first-order valence-electron chi connectivity index (χ1n) is 5.03. The minimum atomic E-state index is -0.319. The van der Waals surface area contributed by atoms with Gasteiger partial charge in [-0.3, -0.25) is 0 Å². The van der Waals surface area contributed by atoms with Crippen LogP contribution in [0.2, 0.25) is 0 Å². The van der Waals surface area contributed by atoms with Gasteiger partial charge in [0.05, 0.1) is 13.2 Å². The zero-order chi connectivity index (χ0) is 10.8. The molecule has 80 valence electrons. The maximum Gasteiger partial charge on any atom is 0.119 e. The summed E-state index contributed by atoms with van der Waals surface area (Å²) < 4.78 is 5.15. The van der Waals surface area contributed by atoms with Crippen molar-refractivity contribution in [2.24, 2.45) is 0 Å². The predicted molar refractivity (Wildman–Crippen MR) is 60.2 cm³/mol. The number of aromatic amines is 1. The fourth-order valence-corrected chi connectivity index (χ4v) is 1.73. The molecule has 1 heterocycles. The van der Waals surface area contributed by atoms with Crippen LogP contribution in [-0.2, 0) is 6.42 Å². The lowest BCUT2D eigenvalue weighted by atomic mass is 10.2. The van der Waals surface area contributed by atoms with E-state index < -0.39 is 0 Å². The molecule has 2 N–H and O–H groups in total. The maximum atomic E-state index is 9.29. The number of methoxy groups -OCH3 is 1. The van der Waals surface area contributed by atoms with Crippen molar-refractivity contribution in [3.63, 3.8) is 0 Å². The zero-order valence-corrected chi connectivity index (χ0v) is 8.95. The number of rotatable bonds is 3. The quantitative estimate of drug-likeness (QED) is 0.806. The summed E-state index contributed by atoms with van der Waals surface area (Å²) in [7, 11) is 1.66. The highest BCUT2D eigenvalue weighted by atomic mass is 16.5.